The first-order valence-corrected chi connectivity index (χ1v) is 9.49. The molecular formula is C21H14F5N5O2. The maximum Gasteiger partial charge on any atom is 0.450 e. The molecule has 0 spiro atoms. The molecule has 0 saturated heterocycles. The van der Waals surface area contributed by atoms with E-state index in [-0.39, 0.29) is 22.7 Å². The van der Waals surface area contributed by atoms with Crippen LogP contribution in [0.15, 0.2) is 48.8 Å². The van der Waals surface area contributed by atoms with Gasteiger partial charge >= 0.3 is 6.18 Å². The Morgan fingerprint density at radius 2 is 1.82 bits per heavy atom. The number of amides is 1. The standard InChI is InChI=1S/C21H14F5N5O2/c1-2-33-11-6-7-15-14(8-11)29-20(21(24,25)26)31(15)17-10-27-16(9-28-17)30-19(32)18-12(22)4-3-5-13(18)23/h3-10H,2H2,1H3,(H,27,30,32). The second kappa shape index (κ2) is 8.45. The van der Waals surface area contributed by atoms with Gasteiger partial charge in [-0.2, -0.15) is 13.2 Å². The SMILES string of the molecule is CCOc1ccc2c(c1)nc(C(F)(F)F)n2-c1cnc(NC(=O)c2c(F)cccc2F)cn1. The molecule has 7 nitrogen and oxygen atoms in total. The largest absolute Gasteiger partial charge is 0.494 e. The molecule has 0 fully saturated rings. The average molecular weight is 463 g/mol. The minimum absolute atomic E-state index is 0.0301. The van der Waals surface area contributed by atoms with Crippen molar-refractivity contribution < 1.29 is 31.5 Å². The number of nitrogens with one attached hydrogen (secondary N) is 1. The summed E-state index contributed by atoms with van der Waals surface area (Å²) in [6.07, 6.45) is -2.87. The Kier molecular flexibility index (Phi) is 5.66. The smallest absolute Gasteiger partial charge is 0.450 e. The molecule has 0 radical (unpaired) electrons. The summed E-state index contributed by atoms with van der Waals surface area (Å²) in [5.41, 5.74) is -0.693. The first-order valence-electron chi connectivity index (χ1n) is 9.49. The van der Waals surface area contributed by atoms with Crippen LogP contribution < -0.4 is 10.1 Å². The summed E-state index contributed by atoms with van der Waals surface area (Å²) >= 11 is 0. The second-order valence-electron chi connectivity index (χ2n) is 6.66. The lowest BCUT2D eigenvalue weighted by atomic mass is 10.2. The quantitative estimate of drug-likeness (QED) is 0.432. The summed E-state index contributed by atoms with van der Waals surface area (Å²) in [5.74, 6) is -4.61. The molecule has 170 valence electrons. The number of hydrogen-bond donors (Lipinski definition) is 1. The molecule has 4 aromatic rings. The summed E-state index contributed by atoms with van der Waals surface area (Å²) in [5, 5.41) is 2.16. The zero-order valence-electron chi connectivity index (χ0n) is 16.8. The van der Waals surface area contributed by atoms with Gasteiger partial charge in [0.25, 0.3) is 5.91 Å². The number of alkyl halides is 3. The van der Waals surface area contributed by atoms with E-state index in [1.807, 2.05) is 0 Å². The number of carbonyl (C=O) groups is 1. The molecule has 0 unspecified atom stereocenters. The van der Waals surface area contributed by atoms with Crippen LogP contribution in [-0.2, 0) is 6.18 Å². The van der Waals surface area contributed by atoms with Gasteiger partial charge in [0.05, 0.1) is 30.0 Å². The van der Waals surface area contributed by atoms with Crippen LogP contribution in [0.25, 0.3) is 16.9 Å². The highest BCUT2D eigenvalue weighted by Crippen LogP contribution is 2.34. The number of fused-ring (bicyclic) bond motifs is 1. The monoisotopic (exact) mass is 463 g/mol. The van der Waals surface area contributed by atoms with E-state index in [9.17, 15) is 26.7 Å². The highest BCUT2D eigenvalue weighted by Gasteiger charge is 2.38. The maximum absolute atomic E-state index is 13.8. The number of nitrogens with zero attached hydrogens (tertiary/aromatic N) is 4. The normalized spacial score (nSPS) is 11.6. The van der Waals surface area contributed by atoms with Gasteiger partial charge in [0, 0.05) is 6.07 Å². The molecule has 1 N–H and O–H groups in total. The van der Waals surface area contributed by atoms with Crippen LogP contribution >= 0.6 is 0 Å². The number of imidazole rings is 1. The lowest BCUT2D eigenvalue weighted by Crippen LogP contribution is -2.18. The van der Waals surface area contributed by atoms with E-state index in [2.05, 4.69) is 20.3 Å². The molecule has 33 heavy (non-hydrogen) atoms. The molecular weight excluding hydrogens is 449 g/mol. The van der Waals surface area contributed by atoms with Crippen LogP contribution in [0.4, 0.5) is 27.8 Å². The Labute approximate surface area is 182 Å². The zero-order chi connectivity index (χ0) is 23.8. The van der Waals surface area contributed by atoms with Crippen LogP contribution in [0.2, 0.25) is 0 Å². The molecule has 2 heterocycles. The second-order valence-corrected chi connectivity index (χ2v) is 6.66. The molecule has 12 heteroatoms. The van der Waals surface area contributed by atoms with Gasteiger partial charge in [0.1, 0.15) is 22.9 Å². The highest BCUT2D eigenvalue weighted by atomic mass is 19.4. The number of ether oxygens (including phenoxy) is 1. The lowest BCUT2D eigenvalue weighted by molar-refractivity contribution is -0.145. The van der Waals surface area contributed by atoms with E-state index < -0.39 is 35.1 Å². The Hall–Kier alpha value is -4.09. The third-order valence-corrected chi connectivity index (χ3v) is 4.49. The van der Waals surface area contributed by atoms with Crippen molar-refractivity contribution in [2.45, 2.75) is 13.1 Å². The average Bonchev–Trinajstić information content (AvgIpc) is 3.14. The van der Waals surface area contributed by atoms with E-state index in [1.54, 1.807) is 6.92 Å². The van der Waals surface area contributed by atoms with Gasteiger partial charge in [-0.3, -0.25) is 9.36 Å². The summed E-state index contributed by atoms with van der Waals surface area (Å²) in [7, 11) is 0. The molecule has 0 aliphatic rings. The van der Waals surface area contributed by atoms with E-state index in [0.717, 1.165) is 35.2 Å². The lowest BCUT2D eigenvalue weighted by Gasteiger charge is -2.11. The van der Waals surface area contributed by atoms with Gasteiger partial charge in [0.15, 0.2) is 11.6 Å². The van der Waals surface area contributed by atoms with E-state index in [0.29, 0.717) is 12.4 Å². The summed E-state index contributed by atoms with van der Waals surface area (Å²) < 4.78 is 74.6. The van der Waals surface area contributed by atoms with Crippen molar-refractivity contribution in [1.29, 1.82) is 0 Å². The van der Waals surface area contributed by atoms with E-state index in [1.165, 1.54) is 18.2 Å². The number of carbonyl (C=O) groups excluding carboxylic acids is 1. The third-order valence-electron chi connectivity index (χ3n) is 4.49. The predicted molar refractivity (Wildman–Crippen MR) is 107 cm³/mol. The molecule has 0 atom stereocenters. The minimum atomic E-state index is -4.80. The van der Waals surface area contributed by atoms with E-state index in [4.69, 9.17) is 4.74 Å². The van der Waals surface area contributed by atoms with Gasteiger partial charge in [0.2, 0.25) is 5.82 Å². The molecule has 0 saturated carbocycles. The Balaban J connectivity index is 1.70. The number of anilines is 1. The number of aromatic nitrogens is 4. The summed E-state index contributed by atoms with van der Waals surface area (Å²) in [6, 6.07) is 7.19. The Bertz CT molecular complexity index is 1320. The van der Waals surface area contributed by atoms with Gasteiger partial charge in [-0.15, -0.1) is 0 Å². The van der Waals surface area contributed by atoms with Crippen molar-refractivity contribution in [1.82, 2.24) is 19.5 Å². The van der Waals surface area contributed by atoms with Gasteiger partial charge in [-0.1, -0.05) is 6.07 Å². The molecule has 2 aromatic heterocycles. The molecule has 1 amide bonds. The number of benzene rings is 2. The first kappa shape index (κ1) is 22.1. The Morgan fingerprint density at radius 3 is 2.42 bits per heavy atom. The van der Waals surface area contributed by atoms with Crippen molar-refractivity contribution in [3.8, 4) is 11.6 Å². The van der Waals surface area contributed by atoms with Crippen molar-refractivity contribution in [3.05, 3.63) is 71.8 Å². The van der Waals surface area contributed by atoms with Crippen LogP contribution in [0, 0.1) is 11.6 Å². The van der Waals surface area contributed by atoms with Crippen molar-refractivity contribution in [2.75, 3.05) is 11.9 Å². The fourth-order valence-electron chi connectivity index (χ4n) is 3.13. The zero-order valence-corrected chi connectivity index (χ0v) is 16.8. The number of rotatable bonds is 5. The van der Waals surface area contributed by atoms with Crippen molar-refractivity contribution >= 4 is 22.8 Å². The van der Waals surface area contributed by atoms with E-state index >= 15 is 0 Å². The highest BCUT2D eigenvalue weighted by molar-refractivity contribution is 6.04. The van der Waals surface area contributed by atoms with Crippen LogP contribution in [0.3, 0.4) is 0 Å². The van der Waals surface area contributed by atoms with Crippen LogP contribution in [-0.4, -0.2) is 32.0 Å². The fourth-order valence-corrected chi connectivity index (χ4v) is 3.13. The maximum atomic E-state index is 13.8. The fraction of sp³-hybridized carbons (Fsp3) is 0.143. The minimum Gasteiger partial charge on any atom is -0.494 e. The summed E-state index contributed by atoms with van der Waals surface area (Å²) in [6.45, 7) is 2.06. The van der Waals surface area contributed by atoms with Crippen LogP contribution in [0.1, 0.15) is 23.1 Å². The predicted octanol–water partition coefficient (Wildman–Crippen LogP) is 4.76. The van der Waals surface area contributed by atoms with Crippen LogP contribution in [0.5, 0.6) is 5.75 Å². The Morgan fingerprint density at radius 1 is 1.09 bits per heavy atom. The van der Waals surface area contributed by atoms with Crippen molar-refractivity contribution in [2.24, 2.45) is 0 Å². The van der Waals surface area contributed by atoms with Crippen molar-refractivity contribution in [3.63, 3.8) is 0 Å². The molecule has 0 bridgehead atoms. The number of hydrogen-bond acceptors (Lipinski definition) is 5. The molecule has 0 aliphatic carbocycles. The third kappa shape index (κ3) is 4.31. The molecule has 4 rings (SSSR count). The molecule has 2 aromatic carbocycles. The topological polar surface area (TPSA) is 81.9 Å². The summed E-state index contributed by atoms with van der Waals surface area (Å²) in [4.78, 5) is 23.6. The first-order chi connectivity index (χ1) is 15.7. The van der Waals surface area contributed by atoms with Gasteiger partial charge in [-0.05, 0) is 31.2 Å². The number of halogens is 5. The molecule has 0 aliphatic heterocycles. The van der Waals surface area contributed by atoms with Gasteiger partial charge in [-0.25, -0.2) is 23.7 Å². The van der Waals surface area contributed by atoms with Gasteiger partial charge < -0.3 is 10.1 Å².